The van der Waals surface area contributed by atoms with Crippen LogP contribution in [0.2, 0.25) is 0 Å². The van der Waals surface area contributed by atoms with Crippen LogP contribution >= 0.6 is 0 Å². The molecule has 0 aliphatic heterocycles. The number of ether oxygens (including phenoxy) is 3. The quantitative estimate of drug-likeness (QED) is 0.319. The monoisotopic (exact) mass is 386 g/mol. The van der Waals surface area contributed by atoms with E-state index in [2.05, 4.69) is 4.74 Å². The third kappa shape index (κ3) is 5.07. The van der Waals surface area contributed by atoms with Crippen molar-refractivity contribution in [1.29, 1.82) is 0 Å². The second-order valence-electron chi connectivity index (χ2n) is 5.52. The number of primary amides is 1. The molecule has 0 radical (unpaired) electrons. The lowest BCUT2D eigenvalue weighted by molar-refractivity contribution is -0.385. The van der Waals surface area contributed by atoms with E-state index >= 15 is 0 Å². The fourth-order valence-electron chi connectivity index (χ4n) is 2.30. The predicted octanol–water partition coefficient (Wildman–Crippen LogP) is 2.47. The number of rotatable bonds is 8. The molecule has 2 aromatic carbocycles. The maximum Gasteiger partial charge on any atom is 0.330 e. The highest BCUT2D eigenvalue weighted by Crippen LogP contribution is 2.30. The van der Waals surface area contributed by atoms with Crippen molar-refractivity contribution in [2.75, 3.05) is 14.2 Å². The first kappa shape index (κ1) is 20.4. The highest BCUT2D eigenvalue weighted by molar-refractivity contribution is 5.93. The lowest BCUT2D eigenvalue weighted by Gasteiger charge is -2.12. The van der Waals surface area contributed by atoms with Crippen molar-refractivity contribution < 1.29 is 28.7 Å². The Morgan fingerprint density at radius 2 is 1.89 bits per heavy atom. The van der Waals surface area contributed by atoms with E-state index in [9.17, 15) is 19.7 Å². The first-order valence-electron chi connectivity index (χ1n) is 7.99. The van der Waals surface area contributed by atoms with Gasteiger partial charge in [-0.3, -0.25) is 14.9 Å². The van der Waals surface area contributed by atoms with Crippen LogP contribution in [0.25, 0.3) is 6.08 Å². The summed E-state index contributed by atoms with van der Waals surface area (Å²) in [5.74, 6) is -0.520. The van der Waals surface area contributed by atoms with Crippen molar-refractivity contribution in [2.45, 2.75) is 6.61 Å². The van der Waals surface area contributed by atoms with Crippen LogP contribution in [0.1, 0.15) is 21.5 Å². The van der Waals surface area contributed by atoms with Gasteiger partial charge in [0.25, 0.3) is 5.69 Å². The van der Waals surface area contributed by atoms with Gasteiger partial charge < -0.3 is 19.9 Å². The molecule has 0 unspecified atom stereocenters. The first-order chi connectivity index (χ1) is 13.3. The van der Waals surface area contributed by atoms with E-state index in [1.807, 2.05) is 0 Å². The molecule has 0 aromatic heterocycles. The van der Waals surface area contributed by atoms with Gasteiger partial charge in [-0.05, 0) is 35.9 Å². The largest absolute Gasteiger partial charge is 0.493 e. The Morgan fingerprint density at radius 1 is 1.14 bits per heavy atom. The Labute approximate surface area is 160 Å². The number of nitro benzene ring substituents is 1. The van der Waals surface area contributed by atoms with Gasteiger partial charge >= 0.3 is 5.97 Å². The zero-order chi connectivity index (χ0) is 20.7. The second-order valence-corrected chi connectivity index (χ2v) is 5.52. The van der Waals surface area contributed by atoms with Crippen LogP contribution in [0.15, 0.2) is 42.5 Å². The van der Waals surface area contributed by atoms with Crippen LogP contribution in [0.3, 0.4) is 0 Å². The maximum atomic E-state index is 11.3. The van der Waals surface area contributed by atoms with E-state index in [0.29, 0.717) is 17.1 Å². The number of carbonyl (C=O) groups excluding carboxylic acids is 2. The molecule has 9 heteroatoms. The normalized spacial score (nSPS) is 10.5. The molecule has 1 amide bonds. The van der Waals surface area contributed by atoms with E-state index in [1.165, 1.54) is 32.4 Å². The molecule has 0 aliphatic carbocycles. The van der Waals surface area contributed by atoms with Crippen LogP contribution in [-0.2, 0) is 16.1 Å². The minimum atomic E-state index is -0.757. The van der Waals surface area contributed by atoms with Crippen LogP contribution in [0.4, 0.5) is 5.69 Å². The van der Waals surface area contributed by atoms with Crippen molar-refractivity contribution in [3.63, 3.8) is 0 Å². The SMILES string of the molecule is COC(=O)/C=C/c1ccc(OCc2ccc(C(N)=O)cc2[N+](=O)[O-])c(OC)c1. The molecule has 0 saturated carbocycles. The van der Waals surface area contributed by atoms with Gasteiger partial charge in [-0.15, -0.1) is 0 Å². The molecular formula is C19H18N2O7. The summed E-state index contributed by atoms with van der Waals surface area (Å²) in [6, 6.07) is 8.85. The van der Waals surface area contributed by atoms with Crippen molar-refractivity contribution in [3.8, 4) is 11.5 Å². The zero-order valence-electron chi connectivity index (χ0n) is 15.2. The lowest BCUT2D eigenvalue weighted by Crippen LogP contribution is -2.12. The van der Waals surface area contributed by atoms with E-state index in [1.54, 1.807) is 24.3 Å². The fraction of sp³-hybridized carbons (Fsp3) is 0.158. The number of nitrogens with zero attached hydrogens (tertiary/aromatic N) is 1. The summed E-state index contributed by atoms with van der Waals surface area (Å²) < 4.78 is 15.4. The molecule has 0 atom stereocenters. The highest BCUT2D eigenvalue weighted by atomic mass is 16.6. The number of nitrogens with two attached hydrogens (primary N) is 1. The molecule has 9 nitrogen and oxygen atoms in total. The van der Waals surface area contributed by atoms with Crippen molar-refractivity contribution in [2.24, 2.45) is 5.73 Å². The molecule has 2 aromatic rings. The maximum absolute atomic E-state index is 11.3. The third-order valence-corrected chi connectivity index (χ3v) is 3.75. The van der Waals surface area contributed by atoms with Crippen molar-refractivity contribution >= 4 is 23.6 Å². The number of carbonyl (C=O) groups is 2. The molecule has 0 aliphatic rings. The minimum Gasteiger partial charge on any atom is -0.493 e. The topological polar surface area (TPSA) is 131 Å². The van der Waals surface area contributed by atoms with Crippen LogP contribution in [0.5, 0.6) is 11.5 Å². The molecule has 2 N–H and O–H groups in total. The second kappa shape index (κ2) is 9.17. The highest BCUT2D eigenvalue weighted by Gasteiger charge is 2.17. The number of hydrogen-bond donors (Lipinski definition) is 1. The molecule has 0 spiro atoms. The number of nitro groups is 1. The summed E-state index contributed by atoms with van der Waals surface area (Å²) in [5, 5.41) is 11.3. The molecule has 0 saturated heterocycles. The molecule has 0 bridgehead atoms. The summed E-state index contributed by atoms with van der Waals surface area (Å²) in [5.41, 5.74) is 5.87. The standard InChI is InChI=1S/C19H18N2O7/c1-26-17-9-12(4-8-18(22)27-2)3-7-16(17)28-11-14-6-5-13(19(20)23)10-15(14)21(24)25/h3-10H,11H2,1-2H3,(H2,20,23)/b8-4+. The van der Waals surface area contributed by atoms with E-state index < -0.39 is 16.8 Å². The number of esters is 1. The molecule has 0 heterocycles. The minimum absolute atomic E-state index is 0.0368. The molecular weight excluding hydrogens is 368 g/mol. The van der Waals surface area contributed by atoms with Gasteiger partial charge in [-0.2, -0.15) is 0 Å². The first-order valence-corrected chi connectivity index (χ1v) is 7.99. The Kier molecular flexibility index (Phi) is 6.69. The van der Waals surface area contributed by atoms with E-state index in [4.69, 9.17) is 15.2 Å². The lowest BCUT2D eigenvalue weighted by atomic mass is 10.1. The number of methoxy groups -OCH3 is 2. The summed E-state index contributed by atoms with van der Waals surface area (Å²) in [7, 11) is 2.72. The molecule has 146 valence electrons. The van der Waals surface area contributed by atoms with Crippen LogP contribution < -0.4 is 15.2 Å². The summed E-state index contributed by atoms with van der Waals surface area (Å²) >= 11 is 0. The average molecular weight is 386 g/mol. The van der Waals surface area contributed by atoms with Crippen LogP contribution in [0, 0.1) is 10.1 Å². The van der Waals surface area contributed by atoms with Gasteiger partial charge in [-0.25, -0.2) is 4.79 Å². The summed E-state index contributed by atoms with van der Waals surface area (Å²) in [4.78, 5) is 33.0. The van der Waals surface area contributed by atoms with Gasteiger partial charge in [0.1, 0.15) is 6.61 Å². The van der Waals surface area contributed by atoms with Crippen molar-refractivity contribution in [3.05, 3.63) is 69.3 Å². The van der Waals surface area contributed by atoms with Gasteiger partial charge in [0.05, 0.1) is 24.7 Å². The Balaban J connectivity index is 2.22. The molecule has 2 rings (SSSR count). The van der Waals surface area contributed by atoms with E-state index in [-0.39, 0.29) is 23.4 Å². The predicted molar refractivity (Wildman–Crippen MR) is 100.0 cm³/mol. The number of hydrogen-bond acceptors (Lipinski definition) is 7. The third-order valence-electron chi connectivity index (χ3n) is 3.75. The van der Waals surface area contributed by atoms with Gasteiger partial charge in [-0.1, -0.05) is 6.07 Å². The molecule has 0 fully saturated rings. The number of benzene rings is 2. The molecule has 28 heavy (non-hydrogen) atoms. The smallest absolute Gasteiger partial charge is 0.330 e. The Hall–Kier alpha value is -3.88. The Bertz CT molecular complexity index is 938. The fourth-order valence-corrected chi connectivity index (χ4v) is 2.30. The summed E-state index contributed by atoms with van der Waals surface area (Å²) in [6.07, 6.45) is 2.81. The Morgan fingerprint density at radius 3 is 2.50 bits per heavy atom. The van der Waals surface area contributed by atoms with Gasteiger partial charge in [0, 0.05) is 17.7 Å². The summed E-state index contributed by atoms with van der Waals surface area (Å²) in [6.45, 7) is -0.122. The van der Waals surface area contributed by atoms with Gasteiger partial charge in [0.2, 0.25) is 5.91 Å². The number of amides is 1. The van der Waals surface area contributed by atoms with Crippen LogP contribution in [-0.4, -0.2) is 31.0 Å². The zero-order valence-corrected chi connectivity index (χ0v) is 15.2. The average Bonchev–Trinajstić information content (AvgIpc) is 2.70. The van der Waals surface area contributed by atoms with E-state index in [0.717, 1.165) is 6.07 Å². The van der Waals surface area contributed by atoms with Crippen molar-refractivity contribution in [1.82, 2.24) is 0 Å². The van der Waals surface area contributed by atoms with Gasteiger partial charge in [0.15, 0.2) is 11.5 Å².